The number of hydrogen-bond donors (Lipinski definition) is 0. The molecule has 1 unspecified atom stereocenters. The molecule has 0 aromatic rings. The van der Waals surface area contributed by atoms with Crippen molar-refractivity contribution in [2.45, 2.75) is 30.3 Å². The van der Waals surface area contributed by atoms with Crippen molar-refractivity contribution < 1.29 is 49.4 Å². The summed E-state index contributed by atoms with van der Waals surface area (Å²) in [6.45, 7) is 0. The van der Waals surface area contributed by atoms with E-state index in [2.05, 4.69) is 9.47 Å². The summed E-state index contributed by atoms with van der Waals surface area (Å²) in [7, 11) is 0.529. The van der Waals surface area contributed by atoms with Crippen LogP contribution in [0, 0.1) is 0 Å². The van der Waals surface area contributed by atoms with Gasteiger partial charge in [-0.3, -0.25) is 4.79 Å². The van der Waals surface area contributed by atoms with Crippen molar-refractivity contribution >= 4 is 5.97 Å². The van der Waals surface area contributed by atoms with Crippen LogP contribution in [0.4, 0.5) is 35.1 Å². The fraction of sp³-hybridized carbons (Fsp3) is 0.875. The first-order valence-electron chi connectivity index (χ1n) is 4.40. The number of methoxy groups -OCH3 is 2. The molecular weight excluding hydrogens is 296 g/mol. The minimum Gasteiger partial charge on any atom is -0.469 e. The van der Waals surface area contributed by atoms with E-state index in [9.17, 15) is 39.9 Å². The van der Waals surface area contributed by atoms with E-state index in [4.69, 9.17) is 0 Å². The van der Waals surface area contributed by atoms with Crippen LogP contribution in [-0.2, 0) is 14.3 Å². The van der Waals surface area contributed by atoms with Crippen molar-refractivity contribution in [1.29, 1.82) is 0 Å². The van der Waals surface area contributed by atoms with Gasteiger partial charge < -0.3 is 9.47 Å². The second kappa shape index (κ2) is 5.10. The summed E-state index contributed by atoms with van der Waals surface area (Å²) >= 11 is 0. The first-order chi connectivity index (χ1) is 8.27. The predicted octanol–water partition coefficient (Wildman–Crippen LogP) is 2.69. The van der Waals surface area contributed by atoms with Gasteiger partial charge in [-0.2, -0.15) is 35.1 Å². The molecule has 0 aromatic carbocycles. The quantitative estimate of drug-likeness (QED) is 0.592. The van der Waals surface area contributed by atoms with Crippen molar-refractivity contribution in [3.05, 3.63) is 0 Å². The van der Waals surface area contributed by atoms with Crippen molar-refractivity contribution in [2.24, 2.45) is 0 Å². The molecular formula is C8H8F8O3. The summed E-state index contributed by atoms with van der Waals surface area (Å²) in [6.07, 6.45) is -15.1. The average Bonchev–Trinajstić information content (AvgIpc) is 2.21. The zero-order valence-corrected chi connectivity index (χ0v) is 9.46. The van der Waals surface area contributed by atoms with Gasteiger partial charge in [0, 0.05) is 7.11 Å². The summed E-state index contributed by atoms with van der Waals surface area (Å²) in [5.74, 6) is -8.26. The van der Waals surface area contributed by atoms with E-state index in [1.807, 2.05) is 0 Å². The summed E-state index contributed by atoms with van der Waals surface area (Å²) in [4.78, 5) is 10.7. The van der Waals surface area contributed by atoms with Crippen LogP contribution in [0.2, 0.25) is 0 Å². The largest absolute Gasteiger partial charge is 0.469 e. The fourth-order valence-corrected chi connectivity index (χ4v) is 1.21. The normalized spacial score (nSPS) is 16.9. The Kier molecular flexibility index (Phi) is 4.79. The molecule has 0 spiro atoms. The molecule has 0 fully saturated rings. The second-order valence-electron chi connectivity index (χ2n) is 3.35. The van der Waals surface area contributed by atoms with Crippen LogP contribution in [0.15, 0.2) is 0 Å². The van der Waals surface area contributed by atoms with Crippen molar-refractivity contribution in [3.8, 4) is 0 Å². The monoisotopic (exact) mass is 304 g/mol. The van der Waals surface area contributed by atoms with Crippen LogP contribution in [0.5, 0.6) is 0 Å². The first-order valence-corrected chi connectivity index (χ1v) is 4.40. The Balaban J connectivity index is 5.96. The van der Waals surface area contributed by atoms with Crippen molar-refractivity contribution in [1.82, 2.24) is 0 Å². The number of rotatable bonds is 4. The van der Waals surface area contributed by atoms with Crippen LogP contribution >= 0.6 is 0 Å². The molecule has 0 aliphatic rings. The average molecular weight is 304 g/mol. The van der Waals surface area contributed by atoms with Gasteiger partial charge in [-0.1, -0.05) is 0 Å². The number of esters is 1. The summed E-state index contributed by atoms with van der Waals surface area (Å²) < 4.78 is 107. The van der Waals surface area contributed by atoms with Gasteiger partial charge in [0.2, 0.25) is 5.60 Å². The lowest BCUT2D eigenvalue weighted by Crippen LogP contribution is -2.66. The van der Waals surface area contributed by atoms with Gasteiger partial charge in [-0.25, -0.2) is 0 Å². The number of alkyl halides is 8. The lowest BCUT2D eigenvalue weighted by atomic mass is 9.89. The molecule has 0 aromatic heterocycles. The molecule has 0 saturated heterocycles. The molecule has 1 atom stereocenters. The Morgan fingerprint density at radius 2 is 1.32 bits per heavy atom. The lowest BCUT2D eigenvalue weighted by Gasteiger charge is -2.39. The SMILES string of the molecule is COC(=O)CC(OC)(C(F)(F)F)C(F)(F)C(F)(F)F. The van der Waals surface area contributed by atoms with Crippen LogP contribution < -0.4 is 0 Å². The zero-order valence-electron chi connectivity index (χ0n) is 9.46. The minimum atomic E-state index is -6.56. The fourth-order valence-electron chi connectivity index (χ4n) is 1.21. The molecule has 0 rings (SSSR count). The van der Waals surface area contributed by atoms with Gasteiger partial charge in [0.15, 0.2) is 0 Å². The third kappa shape index (κ3) is 2.90. The maximum Gasteiger partial charge on any atom is 0.456 e. The molecule has 3 nitrogen and oxygen atoms in total. The molecule has 0 aliphatic carbocycles. The number of halogens is 8. The smallest absolute Gasteiger partial charge is 0.456 e. The van der Waals surface area contributed by atoms with Crippen LogP contribution in [-0.4, -0.2) is 44.1 Å². The molecule has 0 bridgehead atoms. The molecule has 0 heterocycles. The Bertz CT molecular complexity index is 334. The highest BCUT2D eigenvalue weighted by atomic mass is 19.4. The van der Waals surface area contributed by atoms with Gasteiger partial charge in [0.1, 0.15) is 0 Å². The summed E-state index contributed by atoms with van der Waals surface area (Å²) in [5, 5.41) is 0. The Morgan fingerprint density at radius 3 is 1.53 bits per heavy atom. The third-order valence-electron chi connectivity index (χ3n) is 2.29. The van der Waals surface area contributed by atoms with E-state index in [1.54, 1.807) is 0 Å². The minimum absolute atomic E-state index is 0.00389. The van der Waals surface area contributed by atoms with Crippen LogP contribution in [0.25, 0.3) is 0 Å². The van der Waals surface area contributed by atoms with E-state index in [0.29, 0.717) is 7.11 Å². The number of carbonyl (C=O) groups is 1. The molecule has 0 radical (unpaired) electrons. The lowest BCUT2D eigenvalue weighted by molar-refractivity contribution is -0.407. The molecule has 0 N–H and O–H groups in total. The van der Waals surface area contributed by atoms with Crippen molar-refractivity contribution in [2.75, 3.05) is 14.2 Å². The maximum atomic E-state index is 13.1. The van der Waals surface area contributed by atoms with Gasteiger partial charge >= 0.3 is 24.2 Å². The number of hydrogen-bond acceptors (Lipinski definition) is 3. The van der Waals surface area contributed by atoms with Crippen LogP contribution in [0.3, 0.4) is 0 Å². The van der Waals surface area contributed by atoms with E-state index in [-0.39, 0.29) is 7.11 Å². The Hall–Kier alpha value is -1.13. The third-order valence-corrected chi connectivity index (χ3v) is 2.29. The Labute approximate surface area is 101 Å². The molecule has 114 valence electrons. The van der Waals surface area contributed by atoms with Crippen LogP contribution in [0.1, 0.15) is 6.42 Å². The standard InChI is InChI=1S/C8H8F8O3/c1-18-4(17)3-5(19-2,7(11,12)13)6(9,10)8(14,15)16/h3H2,1-2H3. The van der Waals surface area contributed by atoms with E-state index in [0.717, 1.165) is 0 Å². The summed E-state index contributed by atoms with van der Waals surface area (Å²) in [5.41, 5.74) is -5.05. The van der Waals surface area contributed by atoms with Gasteiger partial charge in [0.25, 0.3) is 0 Å². The topological polar surface area (TPSA) is 35.5 Å². The maximum absolute atomic E-state index is 13.1. The molecule has 0 aliphatic heterocycles. The van der Waals surface area contributed by atoms with E-state index >= 15 is 0 Å². The molecule has 19 heavy (non-hydrogen) atoms. The van der Waals surface area contributed by atoms with E-state index in [1.165, 1.54) is 0 Å². The number of ether oxygens (including phenoxy) is 2. The molecule has 11 heteroatoms. The first kappa shape index (κ1) is 17.9. The van der Waals surface area contributed by atoms with Crippen molar-refractivity contribution in [3.63, 3.8) is 0 Å². The van der Waals surface area contributed by atoms with Gasteiger partial charge in [-0.15, -0.1) is 0 Å². The highest BCUT2D eigenvalue weighted by molar-refractivity contribution is 5.71. The van der Waals surface area contributed by atoms with Gasteiger partial charge in [-0.05, 0) is 0 Å². The number of carbonyl (C=O) groups excluding carboxylic acids is 1. The zero-order chi connectivity index (χ0) is 15.7. The molecule has 0 amide bonds. The Morgan fingerprint density at radius 1 is 0.895 bits per heavy atom. The highest BCUT2D eigenvalue weighted by Crippen LogP contribution is 2.53. The predicted molar refractivity (Wildman–Crippen MR) is 43.4 cm³/mol. The second-order valence-corrected chi connectivity index (χ2v) is 3.35. The molecule has 0 saturated carbocycles. The van der Waals surface area contributed by atoms with E-state index < -0.39 is 36.3 Å². The highest BCUT2D eigenvalue weighted by Gasteiger charge is 2.81. The van der Waals surface area contributed by atoms with Gasteiger partial charge in [0.05, 0.1) is 13.5 Å². The summed E-state index contributed by atoms with van der Waals surface area (Å²) in [6, 6.07) is 0.